The number of benzene rings is 1. The Hall–Kier alpha value is -1.54. The maximum atomic E-state index is 11.2. The number of carbonyl (C=O) groups is 1. The van der Waals surface area contributed by atoms with E-state index in [0.717, 1.165) is 0 Å². The molecule has 0 aliphatic heterocycles. The average molecular weight is 284 g/mol. The molecule has 0 saturated carbocycles. The number of esters is 1. The van der Waals surface area contributed by atoms with Crippen LogP contribution in [0.1, 0.15) is 11.1 Å². The molecule has 0 saturated heterocycles. The third-order valence-corrected chi connectivity index (χ3v) is 2.97. The van der Waals surface area contributed by atoms with Gasteiger partial charge in [0.05, 0.1) is 36.7 Å². The van der Waals surface area contributed by atoms with Crippen LogP contribution < -0.4 is 4.74 Å². The Morgan fingerprint density at radius 3 is 2.69 bits per heavy atom. The van der Waals surface area contributed by atoms with Crippen LogP contribution in [0.5, 0.6) is 5.75 Å². The SMILES string of the molecule is COC(=O)Cc1c(C#N)ccc(OC)c1Br. The zero-order chi connectivity index (χ0) is 12.1. The van der Waals surface area contributed by atoms with Crippen molar-refractivity contribution in [3.8, 4) is 11.8 Å². The number of rotatable bonds is 3. The van der Waals surface area contributed by atoms with E-state index >= 15 is 0 Å². The van der Waals surface area contributed by atoms with Crippen LogP contribution in [0.15, 0.2) is 16.6 Å². The fraction of sp³-hybridized carbons (Fsp3) is 0.273. The van der Waals surface area contributed by atoms with E-state index in [-0.39, 0.29) is 6.42 Å². The standard InChI is InChI=1S/C11H10BrNO3/c1-15-9-4-3-7(6-13)8(11(9)12)5-10(14)16-2/h3-4H,5H2,1-2H3. The second-order valence-corrected chi connectivity index (χ2v) is 3.77. The van der Waals surface area contributed by atoms with Crippen molar-refractivity contribution < 1.29 is 14.3 Å². The molecule has 5 heteroatoms. The molecule has 0 bridgehead atoms. The summed E-state index contributed by atoms with van der Waals surface area (Å²) < 4.78 is 10.3. The van der Waals surface area contributed by atoms with Gasteiger partial charge in [0.15, 0.2) is 0 Å². The fourth-order valence-electron chi connectivity index (χ4n) is 1.25. The van der Waals surface area contributed by atoms with Gasteiger partial charge in [0, 0.05) is 0 Å². The second kappa shape index (κ2) is 5.52. The van der Waals surface area contributed by atoms with Crippen molar-refractivity contribution >= 4 is 21.9 Å². The molecule has 0 radical (unpaired) electrons. The summed E-state index contributed by atoms with van der Waals surface area (Å²) >= 11 is 3.31. The first-order valence-corrected chi connectivity index (χ1v) is 5.25. The molecule has 1 aromatic rings. The molecule has 0 fully saturated rings. The highest BCUT2D eigenvalue weighted by Gasteiger charge is 2.15. The van der Waals surface area contributed by atoms with Crippen LogP contribution in [0, 0.1) is 11.3 Å². The van der Waals surface area contributed by atoms with Gasteiger partial charge in [-0.05, 0) is 33.6 Å². The lowest BCUT2D eigenvalue weighted by molar-refractivity contribution is -0.139. The van der Waals surface area contributed by atoms with Crippen LogP contribution in [-0.2, 0) is 16.0 Å². The average Bonchev–Trinajstić information content (AvgIpc) is 2.31. The second-order valence-electron chi connectivity index (χ2n) is 2.97. The Labute approximate surface area is 102 Å². The van der Waals surface area contributed by atoms with Gasteiger partial charge in [0.1, 0.15) is 5.75 Å². The van der Waals surface area contributed by atoms with Gasteiger partial charge in [-0.1, -0.05) is 0 Å². The molecule has 0 spiro atoms. The van der Waals surface area contributed by atoms with Gasteiger partial charge in [-0.25, -0.2) is 0 Å². The van der Waals surface area contributed by atoms with Crippen LogP contribution in [0.3, 0.4) is 0 Å². The van der Waals surface area contributed by atoms with Gasteiger partial charge in [0.2, 0.25) is 0 Å². The van der Waals surface area contributed by atoms with Crippen molar-refractivity contribution in [3.05, 3.63) is 27.7 Å². The molecule has 1 aromatic carbocycles. The normalized spacial score (nSPS) is 9.38. The zero-order valence-electron chi connectivity index (χ0n) is 8.91. The largest absolute Gasteiger partial charge is 0.496 e. The third kappa shape index (κ3) is 2.52. The number of halogens is 1. The van der Waals surface area contributed by atoms with Gasteiger partial charge in [-0.3, -0.25) is 4.79 Å². The molecule has 1 rings (SSSR count). The first-order chi connectivity index (χ1) is 7.63. The summed E-state index contributed by atoms with van der Waals surface area (Å²) in [5, 5.41) is 8.93. The summed E-state index contributed by atoms with van der Waals surface area (Å²) in [6, 6.07) is 5.31. The lowest BCUT2D eigenvalue weighted by atomic mass is 10.1. The smallest absolute Gasteiger partial charge is 0.310 e. The Morgan fingerprint density at radius 1 is 1.50 bits per heavy atom. The lowest BCUT2D eigenvalue weighted by Crippen LogP contribution is -2.07. The molecule has 0 aromatic heterocycles. The lowest BCUT2D eigenvalue weighted by Gasteiger charge is -2.09. The van der Waals surface area contributed by atoms with Crippen molar-refractivity contribution in [2.24, 2.45) is 0 Å². The van der Waals surface area contributed by atoms with E-state index in [1.807, 2.05) is 6.07 Å². The summed E-state index contributed by atoms with van der Waals surface area (Å²) in [4.78, 5) is 11.2. The number of nitrogens with zero attached hydrogens (tertiary/aromatic N) is 1. The molecule has 0 aliphatic carbocycles. The summed E-state index contributed by atoms with van der Waals surface area (Å²) in [7, 11) is 2.83. The van der Waals surface area contributed by atoms with E-state index in [1.165, 1.54) is 14.2 Å². The van der Waals surface area contributed by atoms with Crippen LogP contribution in [0.2, 0.25) is 0 Å². The molecule has 16 heavy (non-hydrogen) atoms. The first-order valence-electron chi connectivity index (χ1n) is 4.46. The highest BCUT2D eigenvalue weighted by molar-refractivity contribution is 9.10. The Morgan fingerprint density at radius 2 is 2.19 bits per heavy atom. The van der Waals surface area contributed by atoms with E-state index in [4.69, 9.17) is 10.00 Å². The Balaban J connectivity index is 3.22. The molecule has 0 atom stereocenters. The summed E-state index contributed by atoms with van der Waals surface area (Å²) in [5.41, 5.74) is 1.01. The first kappa shape index (κ1) is 12.5. The van der Waals surface area contributed by atoms with Crippen molar-refractivity contribution in [3.63, 3.8) is 0 Å². The molecule has 0 aliphatic rings. The summed E-state index contributed by atoms with van der Waals surface area (Å²) in [6.45, 7) is 0. The van der Waals surface area contributed by atoms with Crippen molar-refractivity contribution in [1.29, 1.82) is 5.26 Å². The Bertz CT molecular complexity index is 451. The van der Waals surface area contributed by atoms with E-state index in [2.05, 4.69) is 20.7 Å². The molecule has 0 unspecified atom stereocenters. The molecule has 0 heterocycles. The predicted molar refractivity (Wildman–Crippen MR) is 61.1 cm³/mol. The number of methoxy groups -OCH3 is 2. The minimum Gasteiger partial charge on any atom is -0.496 e. The fourth-order valence-corrected chi connectivity index (χ4v) is 1.90. The van der Waals surface area contributed by atoms with E-state index in [0.29, 0.717) is 21.3 Å². The van der Waals surface area contributed by atoms with E-state index in [1.54, 1.807) is 12.1 Å². The van der Waals surface area contributed by atoms with Gasteiger partial charge < -0.3 is 9.47 Å². The summed E-state index contributed by atoms with van der Waals surface area (Å²) in [6.07, 6.45) is 0.0389. The molecular formula is C11H10BrNO3. The zero-order valence-corrected chi connectivity index (χ0v) is 10.5. The quantitative estimate of drug-likeness (QED) is 0.797. The van der Waals surface area contributed by atoms with Gasteiger partial charge in [-0.15, -0.1) is 0 Å². The van der Waals surface area contributed by atoms with Gasteiger partial charge in [-0.2, -0.15) is 5.26 Å². The maximum Gasteiger partial charge on any atom is 0.310 e. The van der Waals surface area contributed by atoms with Crippen molar-refractivity contribution in [2.75, 3.05) is 14.2 Å². The minimum absolute atomic E-state index is 0.0389. The third-order valence-electron chi connectivity index (χ3n) is 2.10. The van der Waals surface area contributed by atoms with E-state index < -0.39 is 5.97 Å². The molecule has 0 N–H and O–H groups in total. The van der Waals surface area contributed by atoms with Crippen molar-refractivity contribution in [2.45, 2.75) is 6.42 Å². The highest BCUT2D eigenvalue weighted by Crippen LogP contribution is 2.31. The minimum atomic E-state index is -0.398. The topological polar surface area (TPSA) is 59.3 Å². The highest BCUT2D eigenvalue weighted by atomic mass is 79.9. The molecule has 84 valence electrons. The number of hydrogen-bond acceptors (Lipinski definition) is 4. The van der Waals surface area contributed by atoms with Crippen LogP contribution >= 0.6 is 15.9 Å². The van der Waals surface area contributed by atoms with Gasteiger partial charge >= 0.3 is 5.97 Å². The number of nitriles is 1. The van der Waals surface area contributed by atoms with Crippen LogP contribution in [-0.4, -0.2) is 20.2 Å². The van der Waals surface area contributed by atoms with Crippen molar-refractivity contribution in [1.82, 2.24) is 0 Å². The Kier molecular flexibility index (Phi) is 4.32. The molecular weight excluding hydrogens is 274 g/mol. The predicted octanol–water partition coefficient (Wildman–Crippen LogP) is 2.04. The van der Waals surface area contributed by atoms with Gasteiger partial charge in [0.25, 0.3) is 0 Å². The van der Waals surface area contributed by atoms with Crippen LogP contribution in [0.25, 0.3) is 0 Å². The number of carbonyl (C=O) groups excluding carboxylic acids is 1. The monoisotopic (exact) mass is 283 g/mol. The maximum absolute atomic E-state index is 11.2. The van der Waals surface area contributed by atoms with E-state index in [9.17, 15) is 4.79 Å². The molecule has 4 nitrogen and oxygen atoms in total. The molecule has 0 amide bonds. The summed E-state index contributed by atoms with van der Waals surface area (Å²) in [5.74, 6) is 0.184. The van der Waals surface area contributed by atoms with Crippen LogP contribution in [0.4, 0.5) is 0 Å². The number of hydrogen-bond donors (Lipinski definition) is 0. The number of ether oxygens (including phenoxy) is 2.